The molecule has 5 rings (SSSR count). The van der Waals surface area contributed by atoms with Crippen molar-refractivity contribution in [2.24, 2.45) is 5.73 Å². The maximum absolute atomic E-state index is 10.9. The van der Waals surface area contributed by atoms with Crippen LogP contribution < -0.4 is 24.7 Å². The highest BCUT2D eigenvalue weighted by Crippen LogP contribution is 2.49. The van der Waals surface area contributed by atoms with Crippen LogP contribution in [0, 0.1) is 21.4 Å². The van der Waals surface area contributed by atoms with Gasteiger partial charge in [0.05, 0.1) is 10.8 Å². The maximum atomic E-state index is 10.9. The number of allylic oxidation sites excluding steroid dienone is 1. The highest BCUT2D eigenvalue weighted by molar-refractivity contribution is 9.10. The van der Waals surface area contributed by atoms with E-state index in [1.165, 1.54) is 12.1 Å². The summed E-state index contributed by atoms with van der Waals surface area (Å²) in [6.45, 7) is 0.266. The van der Waals surface area contributed by atoms with Crippen LogP contribution in [-0.4, -0.2) is 11.7 Å². The van der Waals surface area contributed by atoms with Gasteiger partial charge in [0, 0.05) is 33.8 Å². The summed E-state index contributed by atoms with van der Waals surface area (Å²) in [6.07, 6.45) is 0. The van der Waals surface area contributed by atoms with Gasteiger partial charge < -0.3 is 24.7 Å². The van der Waals surface area contributed by atoms with E-state index in [2.05, 4.69) is 22.0 Å². The number of nitro benzene ring substituents is 1. The standard InChI is InChI=1S/C24H16BrN3O6/c25-14-3-6-19(31-11-13-1-4-15(5-2-13)28(29)30)16(7-14)23-17-8-21-22(33-12-32-21)9-20(17)34-24(27)18(23)10-26/h1-9,23H,11-12,27H2/t23-/m1/s1. The molecule has 9 nitrogen and oxygen atoms in total. The Morgan fingerprint density at radius 1 is 1.09 bits per heavy atom. The molecule has 0 radical (unpaired) electrons. The first-order valence-corrected chi connectivity index (χ1v) is 10.9. The molecular formula is C24H16BrN3O6. The third-order valence-corrected chi connectivity index (χ3v) is 6.03. The van der Waals surface area contributed by atoms with Gasteiger partial charge in [-0.15, -0.1) is 0 Å². The lowest BCUT2D eigenvalue weighted by atomic mass is 9.83. The quantitative estimate of drug-likeness (QED) is 0.371. The number of fused-ring (bicyclic) bond motifs is 2. The fourth-order valence-corrected chi connectivity index (χ4v) is 4.30. The second-order valence-corrected chi connectivity index (χ2v) is 8.48. The Morgan fingerprint density at radius 2 is 1.82 bits per heavy atom. The van der Waals surface area contributed by atoms with Gasteiger partial charge in [0.25, 0.3) is 5.69 Å². The van der Waals surface area contributed by atoms with E-state index in [-0.39, 0.29) is 30.5 Å². The summed E-state index contributed by atoms with van der Waals surface area (Å²) in [5, 5.41) is 20.8. The lowest BCUT2D eigenvalue weighted by molar-refractivity contribution is -0.384. The molecule has 2 aliphatic rings. The number of nitrogens with zero attached hydrogens (tertiary/aromatic N) is 2. The van der Waals surface area contributed by atoms with Crippen LogP contribution in [0.15, 0.2) is 70.5 Å². The van der Waals surface area contributed by atoms with Crippen LogP contribution in [0.2, 0.25) is 0 Å². The summed E-state index contributed by atoms with van der Waals surface area (Å²) in [7, 11) is 0. The number of nitrogens with two attached hydrogens (primary N) is 1. The molecule has 0 fully saturated rings. The molecule has 0 saturated heterocycles. The molecule has 3 aromatic rings. The SMILES string of the molecule is N#CC1=C(N)Oc2cc3c(cc2[C@H]1c1cc(Br)ccc1OCc1ccc([N+](=O)[O-])cc1)OCO3. The van der Waals surface area contributed by atoms with Gasteiger partial charge in [-0.1, -0.05) is 15.9 Å². The van der Waals surface area contributed by atoms with Gasteiger partial charge in [0.2, 0.25) is 12.7 Å². The summed E-state index contributed by atoms with van der Waals surface area (Å²) in [4.78, 5) is 10.4. The highest BCUT2D eigenvalue weighted by Gasteiger charge is 2.35. The first-order valence-electron chi connectivity index (χ1n) is 10.1. The second kappa shape index (κ2) is 8.61. The lowest BCUT2D eigenvalue weighted by Gasteiger charge is -2.28. The number of benzene rings is 3. The molecule has 0 saturated carbocycles. The van der Waals surface area contributed by atoms with Crippen LogP contribution in [0.5, 0.6) is 23.0 Å². The fraction of sp³-hybridized carbons (Fsp3) is 0.125. The number of ether oxygens (including phenoxy) is 4. The van der Waals surface area contributed by atoms with Crippen molar-refractivity contribution in [2.75, 3.05) is 6.79 Å². The van der Waals surface area contributed by atoms with Crippen molar-refractivity contribution in [3.05, 3.63) is 97.3 Å². The average Bonchev–Trinajstić information content (AvgIpc) is 3.28. The van der Waals surface area contributed by atoms with Crippen LogP contribution in [0.25, 0.3) is 0 Å². The second-order valence-electron chi connectivity index (χ2n) is 7.56. The van der Waals surface area contributed by atoms with Crippen LogP contribution in [0.3, 0.4) is 0 Å². The summed E-state index contributed by atoms with van der Waals surface area (Å²) >= 11 is 3.50. The molecule has 2 aliphatic heterocycles. The molecule has 3 aromatic carbocycles. The predicted octanol–water partition coefficient (Wildman–Crippen LogP) is 4.88. The molecule has 0 spiro atoms. The Morgan fingerprint density at radius 3 is 2.53 bits per heavy atom. The van der Waals surface area contributed by atoms with Crippen molar-refractivity contribution in [2.45, 2.75) is 12.5 Å². The number of nitro groups is 1. The number of non-ortho nitro benzene ring substituents is 1. The van der Waals surface area contributed by atoms with Crippen LogP contribution >= 0.6 is 15.9 Å². The van der Waals surface area contributed by atoms with Crippen molar-refractivity contribution in [3.8, 4) is 29.1 Å². The molecule has 0 aromatic heterocycles. The molecule has 0 unspecified atom stereocenters. The van der Waals surface area contributed by atoms with Gasteiger partial charge in [-0.05, 0) is 42.0 Å². The average molecular weight is 522 g/mol. The molecule has 1 atom stereocenters. The molecule has 10 heteroatoms. The number of nitriles is 1. The molecule has 0 bridgehead atoms. The minimum atomic E-state index is -0.576. The van der Waals surface area contributed by atoms with Crippen molar-refractivity contribution in [1.29, 1.82) is 5.26 Å². The fourth-order valence-electron chi connectivity index (χ4n) is 3.92. The Balaban J connectivity index is 1.55. The summed E-state index contributed by atoms with van der Waals surface area (Å²) in [6, 6.07) is 17.3. The Labute approximate surface area is 202 Å². The summed E-state index contributed by atoms with van der Waals surface area (Å²) in [5.41, 5.74) is 8.51. The van der Waals surface area contributed by atoms with E-state index in [0.29, 0.717) is 34.1 Å². The van der Waals surface area contributed by atoms with Gasteiger partial charge in [-0.3, -0.25) is 10.1 Å². The van der Waals surface area contributed by atoms with Gasteiger partial charge in [0.1, 0.15) is 29.7 Å². The number of halogens is 1. The van der Waals surface area contributed by atoms with Crippen molar-refractivity contribution in [3.63, 3.8) is 0 Å². The molecule has 170 valence electrons. The Bertz CT molecular complexity index is 1380. The van der Waals surface area contributed by atoms with Crippen LogP contribution in [-0.2, 0) is 6.61 Å². The van der Waals surface area contributed by atoms with Gasteiger partial charge in [-0.2, -0.15) is 5.26 Å². The largest absolute Gasteiger partial charge is 0.489 e. The molecular weight excluding hydrogens is 506 g/mol. The summed E-state index contributed by atoms with van der Waals surface area (Å²) in [5.74, 6) is 1.50. The Hall–Kier alpha value is -4.23. The highest BCUT2D eigenvalue weighted by atomic mass is 79.9. The van der Waals surface area contributed by atoms with E-state index in [4.69, 9.17) is 24.7 Å². The van der Waals surface area contributed by atoms with Crippen LogP contribution in [0.1, 0.15) is 22.6 Å². The molecule has 0 aliphatic carbocycles. The number of hydrogen-bond acceptors (Lipinski definition) is 8. The lowest BCUT2D eigenvalue weighted by Crippen LogP contribution is -2.21. The monoisotopic (exact) mass is 521 g/mol. The molecule has 2 N–H and O–H groups in total. The molecule has 34 heavy (non-hydrogen) atoms. The van der Waals surface area contributed by atoms with E-state index >= 15 is 0 Å². The zero-order valence-electron chi connectivity index (χ0n) is 17.5. The number of hydrogen-bond donors (Lipinski definition) is 1. The van der Waals surface area contributed by atoms with Gasteiger partial charge in [-0.25, -0.2) is 0 Å². The normalized spacial score (nSPS) is 15.8. The summed E-state index contributed by atoms with van der Waals surface area (Å²) < 4.78 is 23.6. The van der Waals surface area contributed by atoms with Crippen LogP contribution in [0.4, 0.5) is 5.69 Å². The van der Waals surface area contributed by atoms with E-state index in [1.807, 2.05) is 12.1 Å². The van der Waals surface area contributed by atoms with Crippen molar-refractivity contribution < 1.29 is 23.9 Å². The van der Waals surface area contributed by atoms with Crippen molar-refractivity contribution >= 4 is 21.6 Å². The Kier molecular flexibility index (Phi) is 5.47. The van der Waals surface area contributed by atoms with E-state index in [1.54, 1.807) is 30.3 Å². The number of rotatable bonds is 5. The predicted molar refractivity (Wildman–Crippen MR) is 123 cm³/mol. The molecule has 0 amide bonds. The first-order chi connectivity index (χ1) is 16.4. The van der Waals surface area contributed by atoms with Gasteiger partial charge in [0.15, 0.2) is 11.5 Å². The topological polar surface area (TPSA) is 130 Å². The van der Waals surface area contributed by atoms with E-state index in [9.17, 15) is 15.4 Å². The van der Waals surface area contributed by atoms with Crippen molar-refractivity contribution in [1.82, 2.24) is 0 Å². The zero-order valence-corrected chi connectivity index (χ0v) is 19.1. The van der Waals surface area contributed by atoms with Gasteiger partial charge >= 0.3 is 0 Å². The third kappa shape index (κ3) is 3.86. The zero-order chi connectivity index (χ0) is 23.8. The van der Waals surface area contributed by atoms with E-state index < -0.39 is 10.8 Å². The smallest absolute Gasteiger partial charge is 0.269 e. The molecule has 2 heterocycles. The first kappa shape index (κ1) is 21.6. The van der Waals surface area contributed by atoms with E-state index in [0.717, 1.165) is 10.0 Å². The minimum Gasteiger partial charge on any atom is -0.489 e. The minimum absolute atomic E-state index is 0.000148. The third-order valence-electron chi connectivity index (χ3n) is 5.53. The maximum Gasteiger partial charge on any atom is 0.269 e.